The molecule has 4 heteroatoms. The summed E-state index contributed by atoms with van der Waals surface area (Å²) in [5.41, 5.74) is 0. The monoisotopic (exact) mass is 160 g/mol. The van der Waals surface area contributed by atoms with Crippen LogP contribution in [0.15, 0.2) is 12.2 Å². The number of aliphatic hydroxyl groups is 2. The first-order chi connectivity index (χ1) is 5.16. The largest absolute Gasteiger partial charge is 0.462 e. The Morgan fingerprint density at radius 1 is 1.73 bits per heavy atom. The van der Waals surface area contributed by atoms with E-state index in [1.807, 2.05) is 0 Å². The fraction of sp³-hybridized carbons (Fsp3) is 0.571. The van der Waals surface area contributed by atoms with Crippen LogP contribution in [0.5, 0.6) is 0 Å². The quantitative estimate of drug-likeness (QED) is 0.428. The molecule has 1 atom stereocenters. The van der Waals surface area contributed by atoms with Crippen molar-refractivity contribution in [2.24, 2.45) is 0 Å². The Morgan fingerprint density at radius 2 is 2.36 bits per heavy atom. The van der Waals surface area contributed by atoms with Crippen molar-refractivity contribution in [3.63, 3.8) is 0 Å². The summed E-state index contributed by atoms with van der Waals surface area (Å²) in [7, 11) is 0. The predicted octanol–water partition coefficient (Wildman–Crippen LogP) is -0.541. The van der Waals surface area contributed by atoms with Crippen molar-refractivity contribution in [3.8, 4) is 0 Å². The second-order valence-electron chi connectivity index (χ2n) is 1.98. The van der Waals surface area contributed by atoms with Crippen molar-refractivity contribution in [1.82, 2.24) is 0 Å². The maximum Gasteiger partial charge on any atom is 0.302 e. The second kappa shape index (κ2) is 5.88. The van der Waals surface area contributed by atoms with Gasteiger partial charge in [-0.15, -0.1) is 0 Å². The summed E-state index contributed by atoms with van der Waals surface area (Å²) in [4.78, 5) is 10.2. The highest BCUT2D eigenvalue weighted by atomic mass is 16.5. The molecule has 4 nitrogen and oxygen atoms in total. The Kier molecular flexibility index (Phi) is 5.42. The molecular formula is C7H12O4. The summed E-state index contributed by atoms with van der Waals surface area (Å²) in [6.45, 7) is 1.11. The Bertz CT molecular complexity index is 141. The molecule has 0 aromatic heterocycles. The molecule has 0 spiro atoms. The zero-order valence-corrected chi connectivity index (χ0v) is 6.36. The molecule has 0 aliphatic rings. The Labute approximate surface area is 65.1 Å². The second-order valence-corrected chi connectivity index (χ2v) is 1.98. The van der Waals surface area contributed by atoms with Gasteiger partial charge in [0.1, 0.15) is 6.61 Å². The van der Waals surface area contributed by atoms with Gasteiger partial charge in [0.15, 0.2) is 0 Å². The van der Waals surface area contributed by atoms with E-state index in [0.29, 0.717) is 0 Å². The Hall–Kier alpha value is -0.870. The van der Waals surface area contributed by atoms with Crippen molar-refractivity contribution >= 4 is 5.97 Å². The van der Waals surface area contributed by atoms with Crippen LogP contribution in [0.4, 0.5) is 0 Å². The predicted molar refractivity (Wildman–Crippen MR) is 38.9 cm³/mol. The molecule has 64 valence electrons. The van der Waals surface area contributed by atoms with E-state index in [0.717, 1.165) is 0 Å². The molecule has 0 bridgehead atoms. The molecule has 0 aromatic carbocycles. The molecule has 0 aliphatic carbocycles. The Balaban J connectivity index is 3.36. The van der Waals surface area contributed by atoms with Crippen molar-refractivity contribution in [1.29, 1.82) is 0 Å². The first-order valence-corrected chi connectivity index (χ1v) is 3.25. The van der Waals surface area contributed by atoms with E-state index >= 15 is 0 Å². The summed E-state index contributed by atoms with van der Waals surface area (Å²) in [5.74, 6) is -0.367. The number of carbonyl (C=O) groups is 1. The number of ether oxygens (including phenoxy) is 1. The molecule has 0 amide bonds. The van der Waals surface area contributed by atoms with E-state index in [1.165, 1.54) is 19.1 Å². The van der Waals surface area contributed by atoms with Crippen LogP contribution in [0.2, 0.25) is 0 Å². The average Bonchev–Trinajstić information content (AvgIpc) is 1.97. The van der Waals surface area contributed by atoms with E-state index in [4.69, 9.17) is 10.2 Å². The summed E-state index contributed by atoms with van der Waals surface area (Å²) >= 11 is 0. The smallest absolute Gasteiger partial charge is 0.302 e. The van der Waals surface area contributed by atoms with Gasteiger partial charge in [-0.1, -0.05) is 6.08 Å². The number of hydrogen-bond donors (Lipinski definition) is 2. The fourth-order valence-electron chi connectivity index (χ4n) is 0.439. The minimum Gasteiger partial charge on any atom is -0.462 e. The topological polar surface area (TPSA) is 66.8 Å². The van der Waals surface area contributed by atoms with Gasteiger partial charge >= 0.3 is 5.97 Å². The standard InChI is InChI=1S/C7H12O4/c1-6(9)11-4-2-3-7(10)5-8/h2-3,7-8,10H,4-5H2,1H3/b3-2-/t7-/m0/s1. The summed E-state index contributed by atoms with van der Waals surface area (Å²) < 4.78 is 4.52. The van der Waals surface area contributed by atoms with Crippen molar-refractivity contribution in [3.05, 3.63) is 12.2 Å². The SMILES string of the molecule is CC(=O)OC/C=C\[C@H](O)CO. The number of hydrogen-bond acceptors (Lipinski definition) is 4. The highest BCUT2D eigenvalue weighted by Crippen LogP contribution is 1.84. The van der Waals surface area contributed by atoms with Crippen molar-refractivity contribution < 1.29 is 19.7 Å². The lowest BCUT2D eigenvalue weighted by Crippen LogP contribution is -2.08. The lowest BCUT2D eigenvalue weighted by molar-refractivity contribution is -0.139. The van der Waals surface area contributed by atoms with Gasteiger partial charge in [-0.3, -0.25) is 4.79 Å². The van der Waals surface area contributed by atoms with Crippen LogP contribution in [0, 0.1) is 0 Å². The van der Waals surface area contributed by atoms with E-state index in [9.17, 15) is 4.79 Å². The van der Waals surface area contributed by atoms with Crippen LogP contribution >= 0.6 is 0 Å². The summed E-state index contributed by atoms with van der Waals surface area (Å²) in [5, 5.41) is 17.1. The van der Waals surface area contributed by atoms with E-state index in [1.54, 1.807) is 0 Å². The lowest BCUT2D eigenvalue weighted by atomic mass is 10.3. The molecule has 0 saturated heterocycles. The van der Waals surface area contributed by atoms with Gasteiger partial charge in [-0.2, -0.15) is 0 Å². The van der Waals surface area contributed by atoms with Crippen molar-refractivity contribution in [2.75, 3.05) is 13.2 Å². The zero-order valence-electron chi connectivity index (χ0n) is 6.36. The summed E-state index contributed by atoms with van der Waals surface area (Å²) in [6, 6.07) is 0. The number of rotatable bonds is 4. The maximum absolute atomic E-state index is 10.2. The first kappa shape index (κ1) is 10.1. The van der Waals surface area contributed by atoms with Crippen LogP contribution in [0.3, 0.4) is 0 Å². The van der Waals surface area contributed by atoms with E-state index < -0.39 is 6.10 Å². The lowest BCUT2D eigenvalue weighted by Gasteiger charge is -1.98. The van der Waals surface area contributed by atoms with Gasteiger partial charge in [0.25, 0.3) is 0 Å². The molecular weight excluding hydrogens is 148 g/mol. The maximum atomic E-state index is 10.2. The normalized spacial score (nSPS) is 13.4. The Morgan fingerprint density at radius 3 is 2.82 bits per heavy atom. The average molecular weight is 160 g/mol. The van der Waals surface area contributed by atoms with Gasteiger partial charge in [0.05, 0.1) is 12.7 Å². The molecule has 0 radical (unpaired) electrons. The van der Waals surface area contributed by atoms with Crippen LogP contribution < -0.4 is 0 Å². The van der Waals surface area contributed by atoms with Gasteiger partial charge in [-0.05, 0) is 6.08 Å². The highest BCUT2D eigenvalue weighted by Gasteiger charge is 1.93. The van der Waals surface area contributed by atoms with Gasteiger partial charge < -0.3 is 14.9 Å². The molecule has 2 N–H and O–H groups in total. The van der Waals surface area contributed by atoms with Gasteiger partial charge in [-0.25, -0.2) is 0 Å². The molecule has 0 rings (SSSR count). The molecule has 11 heavy (non-hydrogen) atoms. The van der Waals surface area contributed by atoms with Crippen LogP contribution in [-0.2, 0) is 9.53 Å². The fourth-order valence-corrected chi connectivity index (χ4v) is 0.439. The van der Waals surface area contributed by atoms with Crippen molar-refractivity contribution in [2.45, 2.75) is 13.0 Å². The zero-order chi connectivity index (χ0) is 8.69. The number of esters is 1. The van der Waals surface area contributed by atoms with Crippen LogP contribution in [0.25, 0.3) is 0 Å². The third-order valence-electron chi connectivity index (χ3n) is 0.928. The minimum atomic E-state index is -0.870. The molecule has 0 saturated carbocycles. The third kappa shape index (κ3) is 7.02. The third-order valence-corrected chi connectivity index (χ3v) is 0.928. The molecule has 0 fully saturated rings. The first-order valence-electron chi connectivity index (χ1n) is 3.25. The highest BCUT2D eigenvalue weighted by molar-refractivity contribution is 5.65. The van der Waals surface area contributed by atoms with Gasteiger partial charge in [0, 0.05) is 6.92 Å². The molecule has 0 heterocycles. The van der Waals surface area contributed by atoms with E-state index in [-0.39, 0.29) is 19.2 Å². The number of aliphatic hydroxyl groups excluding tert-OH is 2. The number of carbonyl (C=O) groups excluding carboxylic acids is 1. The van der Waals surface area contributed by atoms with Gasteiger partial charge in [0.2, 0.25) is 0 Å². The van der Waals surface area contributed by atoms with E-state index in [2.05, 4.69) is 4.74 Å². The molecule has 0 aliphatic heterocycles. The van der Waals surface area contributed by atoms with Crippen LogP contribution in [0.1, 0.15) is 6.92 Å². The van der Waals surface area contributed by atoms with Crippen LogP contribution in [-0.4, -0.2) is 35.5 Å². The molecule has 0 unspecified atom stereocenters. The minimum absolute atomic E-state index is 0.131. The summed E-state index contributed by atoms with van der Waals surface area (Å²) in [6.07, 6.45) is 1.97. The molecule has 0 aromatic rings.